The zero-order valence-corrected chi connectivity index (χ0v) is 64.7. The summed E-state index contributed by atoms with van der Waals surface area (Å²) in [4.78, 5) is 28.8. The van der Waals surface area contributed by atoms with E-state index in [9.17, 15) is 0 Å². The van der Waals surface area contributed by atoms with Gasteiger partial charge in [-0.15, -0.1) is 0 Å². The molecule has 0 fully saturated rings. The second-order valence-corrected chi connectivity index (χ2v) is 32.3. The fraction of sp³-hybridized carbons (Fsp3) is 0.0463. The molecule has 0 N–H and O–H groups in total. The zero-order chi connectivity index (χ0) is 77.4. The van der Waals surface area contributed by atoms with Crippen LogP contribution in [0.3, 0.4) is 0 Å². The Morgan fingerprint density at radius 2 is 0.803 bits per heavy atom. The van der Waals surface area contributed by atoms with Crippen LogP contribution in [0.5, 0.6) is 11.5 Å². The number of aryl methyl sites for hydroxylation is 1. The van der Waals surface area contributed by atoms with Crippen LogP contribution >= 0.6 is 11.8 Å². The predicted octanol–water partition coefficient (Wildman–Crippen LogP) is 27.7. The lowest BCUT2D eigenvalue weighted by Gasteiger charge is -2.40. The molecule has 0 saturated heterocycles. The summed E-state index contributed by atoms with van der Waals surface area (Å²) in [6, 6.07) is 126. The molecule has 2 aliphatic carbocycles. The Hall–Kier alpha value is -14.6. The van der Waals surface area contributed by atoms with Crippen molar-refractivity contribution in [3.05, 3.63) is 413 Å². The predicted molar refractivity (Wildman–Crippen MR) is 472 cm³/mol. The molecule has 0 bridgehead atoms. The van der Waals surface area contributed by atoms with Gasteiger partial charge in [0, 0.05) is 75.8 Å². The highest BCUT2D eigenvalue weighted by atomic mass is 32.2. The first kappa shape index (κ1) is 66.9. The van der Waals surface area contributed by atoms with Gasteiger partial charge in [-0.05, 0) is 194 Å². The van der Waals surface area contributed by atoms with Crippen molar-refractivity contribution in [3.8, 4) is 135 Å². The minimum Gasteiger partial charge on any atom is -0.456 e. The molecule has 4 aromatic heterocycles. The number of nitrogens with zero attached hydrogens (tertiary/aromatic N) is 5. The van der Waals surface area contributed by atoms with E-state index in [-0.39, 0.29) is 0 Å². The lowest BCUT2D eigenvalue weighted by Crippen LogP contribution is -2.32. The summed E-state index contributed by atoms with van der Waals surface area (Å²) < 4.78 is 21.1. The van der Waals surface area contributed by atoms with Crippen LogP contribution in [0.25, 0.3) is 168 Å². The van der Waals surface area contributed by atoms with Gasteiger partial charge in [0.1, 0.15) is 33.8 Å². The molecule has 2 aliphatic heterocycles. The van der Waals surface area contributed by atoms with Crippen molar-refractivity contribution < 1.29 is 13.6 Å². The SMILES string of the molecule is Cc1cc2c(c(C)c1C)-c1ccccc1C21c2ccccc2Oc2c(-c3ccc4c(c3)oc3c(-c5nc(-c6ccccc6)cc(-c6ccc(-c7ccc8c(c7)-c7ccc(-c9ccc%10oc%11cccc(-c%12nc(-c%13ccccc%13)nc(-c%13ccccc%13)n%12)c%11c%10c9)cc7C87c8ccccc8Sc8ccccc87)cc6)n5)cccc34)cccc21. The minimum atomic E-state index is -0.630. The van der Waals surface area contributed by atoms with Crippen LogP contribution in [0, 0.1) is 20.8 Å². The van der Waals surface area contributed by atoms with Crippen LogP contribution in [-0.4, -0.2) is 24.9 Å². The number of furan rings is 2. The van der Waals surface area contributed by atoms with E-state index >= 15 is 0 Å². The number of hydrogen-bond acceptors (Lipinski definition) is 9. The van der Waals surface area contributed by atoms with Gasteiger partial charge in [-0.25, -0.2) is 24.9 Å². The summed E-state index contributed by atoms with van der Waals surface area (Å²) in [5.41, 5.74) is 34.0. The van der Waals surface area contributed by atoms with Gasteiger partial charge in [0.15, 0.2) is 23.3 Å². The first-order chi connectivity index (χ1) is 57.7. The Morgan fingerprint density at radius 3 is 1.56 bits per heavy atom. The van der Waals surface area contributed by atoms with Gasteiger partial charge in [-0.2, -0.15) is 0 Å². The zero-order valence-electron chi connectivity index (χ0n) is 63.9. The molecule has 1 unspecified atom stereocenters. The molecule has 24 rings (SSSR count). The Bertz CT molecular complexity index is 7510. The molecule has 6 heterocycles. The van der Waals surface area contributed by atoms with Crippen LogP contribution in [-0.2, 0) is 10.8 Å². The van der Waals surface area contributed by atoms with Gasteiger partial charge in [0.05, 0.1) is 27.8 Å². The summed E-state index contributed by atoms with van der Waals surface area (Å²) in [7, 11) is 0. The average molecular weight is 1510 g/mol. The van der Waals surface area contributed by atoms with Crippen LogP contribution < -0.4 is 4.74 Å². The third kappa shape index (κ3) is 9.94. The van der Waals surface area contributed by atoms with Crippen LogP contribution in [0.2, 0.25) is 0 Å². The van der Waals surface area contributed by atoms with E-state index in [0.29, 0.717) is 23.3 Å². The number of ether oxygens (including phenoxy) is 1. The number of rotatable bonds is 9. The van der Waals surface area contributed by atoms with Crippen molar-refractivity contribution in [2.24, 2.45) is 0 Å². The topological polar surface area (TPSA) is 100.0 Å². The maximum Gasteiger partial charge on any atom is 0.164 e. The first-order valence-corrected chi connectivity index (χ1v) is 40.6. The van der Waals surface area contributed by atoms with Crippen molar-refractivity contribution in [3.63, 3.8) is 0 Å². The lowest BCUT2D eigenvalue weighted by atomic mass is 9.65. The smallest absolute Gasteiger partial charge is 0.164 e. The standard InChI is InChI=1S/C108H67N5O3S/c1-62-56-90-99(64(3)63(62)2)78-30-13-14-35-83(78)107(90)85-36-15-18-40-94(85)115-102-74(31-22-39-88(102)107)73-49-53-76-77-32-21-34-80(101(77)116-96(76)60-73)106-109-91(66-24-7-4-8-25-66)61-92(110-106)67-46-44-65(45-47-67)70-50-54-84-81(57-70)75-52-48-72(59-89(75)108(84)86-37-16-19-42-97(86)117-98-43-20-17-38-87(98)108)71-51-55-93-82(58-71)100-79(33-23-41-95(100)114-93)105-112-103(68-26-9-5-10-27-68)111-104(113-105)69-28-11-6-12-29-69/h4-61H,1-3H3. The number of fused-ring (bicyclic) bond motifs is 24. The van der Waals surface area contributed by atoms with Crippen LogP contribution in [0.1, 0.15) is 61.2 Å². The fourth-order valence-corrected chi connectivity index (χ4v) is 20.8. The highest BCUT2D eigenvalue weighted by molar-refractivity contribution is 7.99. The summed E-state index contributed by atoms with van der Waals surface area (Å²) in [5, 5.41) is 3.92. The second-order valence-electron chi connectivity index (χ2n) is 31.2. The van der Waals surface area contributed by atoms with Crippen LogP contribution in [0.15, 0.2) is 370 Å². The summed E-state index contributed by atoms with van der Waals surface area (Å²) >= 11 is 1.85. The van der Waals surface area contributed by atoms with Crippen molar-refractivity contribution in [1.82, 2.24) is 24.9 Å². The Labute approximate surface area is 679 Å². The highest BCUT2D eigenvalue weighted by Gasteiger charge is 2.53. The third-order valence-electron chi connectivity index (χ3n) is 25.2. The van der Waals surface area contributed by atoms with Gasteiger partial charge in [-0.3, -0.25) is 0 Å². The molecular weight excluding hydrogens is 1450 g/mol. The summed E-state index contributed by atoms with van der Waals surface area (Å²) in [5.74, 6) is 4.05. The van der Waals surface area contributed by atoms with E-state index in [2.05, 4.69) is 294 Å². The van der Waals surface area contributed by atoms with E-state index in [1.807, 2.05) is 90.6 Å². The molecule has 16 aromatic carbocycles. The normalized spacial score (nSPS) is 14.2. The van der Waals surface area contributed by atoms with Crippen molar-refractivity contribution in [1.29, 1.82) is 0 Å². The van der Waals surface area contributed by atoms with Gasteiger partial charge in [0.25, 0.3) is 0 Å². The summed E-state index contributed by atoms with van der Waals surface area (Å²) in [6.07, 6.45) is 0. The van der Waals surface area contributed by atoms with Gasteiger partial charge < -0.3 is 13.6 Å². The number of aromatic nitrogens is 5. The van der Waals surface area contributed by atoms with E-state index in [0.717, 1.165) is 145 Å². The third-order valence-corrected chi connectivity index (χ3v) is 26.3. The molecule has 0 amide bonds. The Kier molecular flexibility index (Phi) is 14.7. The molecule has 2 spiro atoms. The molecule has 9 heteroatoms. The monoisotopic (exact) mass is 1510 g/mol. The molecule has 117 heavy (non-hydrogen) atoms. The minimum absolute atomic E-state index is 0.572. The van der Waals surface area contributed by atoms with Gasteiger partial charge in [0.2, 0.25) is 0 Å². The molecule has 548 valence electrons. The van der Waals surface area contributed by atoms with Crippen molar-refractivity contribution in [2.45, 2.75) is 41.4 Å². The largest absolute Gasteiger partial charge is 0.456 e. The Balaban J connectivity index is 0.601. The fourth-order valence-electron chi connectivity index (χ4n) is 19.6. The second kappa shape index (κ2) is 25.7. The maximum absolute atomic E-state index is 7.21. The number of hydrogen-bond donors (Lipinski definition) is 0. The molecule has 4 aliphatic rings. The van der Waals surface area contributed by atoms with Crippen molar-refractivity contribution in [2.75, 3.05) is 0 Å². The molecular formula is C108H67N5O3S. The first-order valence-electron chi connectivity index (χ1n) is 39.8. The number of para-hydroxylation sites is 3. The maximum atomic E-state index is 7.21. The van der Waals surface area contributed by atoms with Crippen molar-refractivity contribution >= 4 is 55.6 Å². The molecule has 20 aromatic rings. The quantitative estimate of drug-likeness (QED) is 0.140. The molecule has 8 nitrogen and oxygen atoms in total. The molecule has 1 atom stereocenters. The van der Waals surface area contributed by atoms with E-state index in [4.69, 9.17) is 38.5 Å². The lowest BCUT2D eigenvalue weighted by molar-refractivity contribution is 0.438. The average Bonchev–Trinajstić information content (AvgIpc) is 1.55. The van der Waals surface area contributed by atoms with Gasteiger partial charge >= 0.3 is 0 Å². The van der Waals surface area contributed by atoms with Crippen LogP contribution in [0.4, 0.5) is 0 Å². The van der Waals surface area contributed by atoms with E-state index < -0.39 is 10.8 Å². The highest BCUT2D eigenvalue weighted by Crippen LogP contribution is 2.66. The molecule has 0 saturated carbocycles. The van der Waals surface area contributed by atoms with E-state index in [1.54, 1.807) is 0 Å². The molecule has 0 radical (unpaired) electrons. The Morgan fingerprint density at radius 1 is 0.265 bits per heavy atom. The van der Waals surface area contributed by atoms with Gasteiger partial charge in [-0.1, -0.05) is 291 Å². The summed E-state index contributed by atoms with van der Waals surface area (Å²) in [6.45, 7) is 6.79. The number of benzene rings is 16. The van der Waals surface area contributed by atoms with E-state index in [1.165, 1.54) is 82.1 Å².